The van der Waals surface area contributed by atoms with E-state index in [0.717, 1.165) is 39.7 Å². The lowest BCUT2D eigenvalue weighted by atomic mass is 10.1. The van der Waals surface area contributed by atoms with Crippen LogP contribution in [0.4, 0.5) is 0 Å². The van der Waals surface area contributed by atoms with Crippen molar-refractivity contribution in [3.05, 3.63) is 77.9 Å². The second-order valence-electron chi connectivity index (χ2n) is 8.62. The largest absolute Gasteiger partial charge is 0.368 e. The van der Waals surface area contributed by atoms with Crippen molar-refractivity contribution in [2.24, 2.45) is 4.99 Å². The van der Waals surface area contributed by atoms with E-state index in [4.69, 9.17) is 0 Å². The third kappa shape index (κ3) is 5.72. The first kappa shape index (κ1) is 25.3. The topological polar surface area (TPSA) is 111 Å². The molecule has 0 unspecified atom stereocenters. The number of carbonyl (C=O) groups excluding carboxylic acids is 2. The molecule has 0 radical (unpaired) electrons. The third-order valence-corrected chi connectivity index (χ3v) is 7.85. The van der Waals surface area contributed by atoms with Gasteiger partial charge in [-0.3, -0.25) is 14.6 Å². The Bertz CT molecular complexity index is 1400. The van der Waals surface area contributed by atoms with Crippen molar-refractivity contribution in [1.29, 1.82) is 0 Å². The van der Waals surface area contributed by atoms with Crippen LogP contribution in [0, 0.1) is 0 Å². The number of carbonyl (C=O) groups is 2. The van der Waals surface area contributed by atoms with E-state index in [9.17, 15) is 18.0 Å². The highest BCUT2D eigenvalue weighted by Crippen LogP contribution is 2.24. The molecule has 1 aliphatic heterocycles. The van der Waals surface area contributed by atoms with Gasteiger partial charge in [0, 0.05) is 38.1 Å². The van der Waals surface area contributed by atoms with E-state index in [1.54, 1.807) is 25.2 Å². The van der Waals surface area contributed by atoms with Crippen LogP contribution in [0.15, 0.2) is 76.6 Å². The van der Waals surface area contributed by atoms with Crippen LogP contribution in [0.25, 0.3) is 10.8 Å². The Morgan fingerprint density at radius 3 is 2.44 bits per heavy atom. The number of fused-ring (bicyclic) bond motifs is 1. The number of amides is 2. The van der Waals surface area contributed by atoms with Crippen LogP contribution in [0.2, 0.25) is 0 Å². The van der Waals surface area contributed by atoms with E-state index < -0.39 is 22.5 Å². The highest BCUT2D eigenvalue weighted by Gasteiger charge is 2.25. The lowest BCUT2D eigenvalue weighted by molar-refractivity contribution is -0.132. The fourth-order valence-corrected chi connectivity index (χ4v) is 5.30. The van der Waals surface area contributed by atoms with Crippen molar-refractivity contribution in [3.8, 4) is 0 Å². The summed E-state index contributed by atoms with van der Waals surface area (Å²) in [5, 5.41) is 7.13. The van der Waals surface area contributed by atoms with Crippen LogP contribution >= 0.6 is 0 Å². The number of nitrogens with one attached hydrogen (secondary N) is 2. The fraction of sp³-hybridized carbons (Fsp3) is 0.269. The standard InChI is InChI=1S/C26H29N5O4S/c1-30(17-19-10-12-21(13-11-19)26-27-14-15-28-26)25(33)16-29-24(32)18-31(2)36(34,35)23-9-5-7-20-6-3-4-8-22(20)23/h3-13H,14-18H2,1-2H3,(H,27,28)(H,29,32). The maximum atomic E-state index is 13.1. The number of aliphatic imine (C=N–C) groups is 1. The Morgan fingerprint density at radius 1 is 1.00 bits per heavy atom. The van der Waals surface area contributed by atoms with E-state index in [-0.39, 0.29) is 17.3 Å². The summed E-state index contributed by atoms with van der Waals surface area (Å²) in [5.74, 6) is 0.0344. The summed E-state index contributed by atoms with van der Waals surface area (Å²) < 4.78 is 27.2. The summed E-state index contributed by atoms with van der Waals surface area (Å²) in [7, 11) is -0.899. The average molecular weight is 508 g/mol. The van der Waals surface area contributed by atoms with E-state index in [1.165, 1.54) is 18.0 Å². The first-order valence-corrected chi connectivity index (χ1v) is 13.0. The highest BCUT2D eigenvalue weighted by atomic mass is 32.2. The Kier molecular flexibility index (Phi) is 7.66. The van der Waals surface area contributed by atoms with Crippen molar-refractivity contribution in [3.63, 3.8) is 0 Å². The predicted octanol–water partition coefficient (Wildman–Crippen LogP) is 1.58. The lowest BCUT2D eigenvalue weighted by Gasteiger charge is -2.20. The third-order valence-electron chi connectivity index (χ3n) is 5.99. The predicted molar refractivity (Wildman–Crippen MR) is 139 cm³/mol. The van der Waals surface area contributed by atoms with Gasteiger partial charge in [0.05, 0.1) is 24.5 Å². The molecule has 0 spiro atoms. The van der Waals surface area contributed by atoms with Gasteiger partial charge in [-0.2, -0.15) is 4.31 Å². The number of nitrogens with zero attached hydrogens (tertiary/aromatic N) is 3. The van der Waals surface area contributed by atoms with Crippen molar-refractivity contribution < 1.29 is 18.0 Å². The molecular formula is C26H29N5O4S. The van der Waals surface area contributed by atoms with Crippen LogP contribution in [0.5, 0.6) is 0 Å². The van der Waals surface area contributed by atoms with Crippen molar-refractivity contribution in [2.75, 3.05) is 40.3 Å². The molecule has 10 heteroatoms. The molecule has 2 amide bonds. The van der Waals surface area contributed by atoms with Crippen LogP contribution in [0.3, 0.4) is 0 Å². The summed E-state index contributed by atoms with van der Waals surface area (Å²) in [6, 6.07) is 20.0. The highest BCUT2D eigenvalue weighted by molar-refractivity contribution is 7.89. The number of hydrogen-bond acceptors (Lipinski definition) is 6. The number of likely N-dealkylation sites (N-methyl/N-ethyl adjacent to an activating group) is 2. The SMILES string of the molecule is CN(Cc1ccc(C2=NCCN2)cc1)C(=O)CNC(=O)CN(C)S(=O)(=O)c1cccc2ccccc12. The van der Waals surface area contributed by atoms with Gasteiger partial charge >= 0.3 is 0 Å². The first-order valence-electron chi connectivity index (χ1n) is 11.6. The average Bonchev–Trinajstić information content (AvgIpc) is 3.42. The summed E-state index contributed by atoms with van der Waals surface area (Å²) in [6.07, 6.45) is 0. The van der Waals surface area contributed by atoms with Gasteiger partial charge in [-0.15, -0.1) is 0 Å². The monoisotopic (exact) mass is 507 g/mol. The maximum Gasteiger partial charge on any atom is 0.243 e. The molecule has 0 saturated heterocycles. The van der Waals surface area contributed by atoms with Gasteiger partial charge in [-0.05, 0) is 17.0 Å². The number of rotatable bonds is 9. The van der Waals surface area contributed by atoms with Gasteiger partial charge in [-0.1, -0.05) is 60.7 Å². The minimum absolute atomic E-state index is 0.133. The summed E-state index contributed by atoms with van der Waals surface area (Å²) >= 11 is 0. The van der Waals surface area contributed by atoms with Crippen LogP contribution in [-0.4, -0.2) is 75.5 Å². The minimum atomic E-state index is -3.90. The quantitative estimate of drug-likeness (QED) is 0.457. The Morgan fingerprint density at radius 2 is 1.72 bits per heavy atom. The van der Waals surface area contributed by atoms with Gasteiger partial charge in [0.1, 0.15) is 5.84 Å². The van der Waals surface area contributed by atoms with Crippen LogP contribution in [-0.2, 0) is 26.2 Å². The lowest BCUT2D eigenvalue weighted by Crippen LogP contribution is -2.42. The van der Waals surface area contributed by atoms with Crippen molar-refractivity contribution in [2.45, 2.75) is 11.4 Å². The number of hydrogen-bond donors (Lipinski definition) is 2. The molecule has 0 aromatic heterocycles. The molecule has 1 aliphatic rings. The normalized spacial score (nSPS) is 13.4. The molecular weight excluding hydrogens is 478 g/mol. The summed E-state index contributed by atoms with van der Waals surface area (Å²) in [6.45, 7) is 1.36. The van der Waals surface area contributed by atoms with E-state index in [0.29, 0.717) is 11.9 Å². The zero-order valence-corrected chi connectivity index (χ0v) is 21.1. The van der Waals surface area contributed by atoms with E-state index >= 15 is 0 Å². The second kappa shape index (κ2) is 10.9. The Labute approximate surface area is 210 Å². The van der Waals surface area contributed by atoms with Gasteiger partial charge < -0.3 is 15.5 Å². The van der Waals surface area contributed by atoms with Crippen molar-refractivity contribution >= 4 is 38.4 Å². The Balaban J connectivity index is 1.29. The molecule has 0 atom stereocenters. The first-order chi connectivity index (χ1) is 17.3. The van der Waals surface area contributed by atoms with Crippen LogP contribution < -0.4 is 10.6 Å². The molecule has 3 aromatic carbocycles. The molecule has 0 fully saturated rings. The number of amidine groups is 1. The Hall–Kier alpha value is -3.76. The molecule has 0 saturated carbocycles. The summed E-state index contributed by atoms with van der Waals surface area (Å²) in [5.41, 5.74) is 1.94. The van der Waals surface area contributed by atoms with Gasteiger partial charge in [-0.25, -0.2) is 8.42 Å². The molecule has 2 N–H and O–H groups in total. The van der Waals surface area contributed by atoms with E-state index in [2.05, 4.69) is 15.6 Å². The maximum absolute atomic E-state index is 13.1. The van der Waals surface area contributed by atoms with Gasteiger partial charge in [0.2, 0.25) is 21.8 Å². The minimum Gasteiger partial charge on any atom is -0.368 e. The van der Waals surface area contributed by atoms with Crippen molar-refractivity contribution in [1.82, 2.24) is 19.8 Å². The van der Waals surface area contributed by atoms with E-state index in [1.807, 2.05) is 42.5 Å². The molecule has 0 aliphatic carbocycles. The van der Waals surface area contributed by atoms with Gasteiger partial charge in [0.25, 0.3) is 0 Å². The van der Waals surface area contributed by atoms with Gasteiger partial charge in [0.15, 0.2) is 0 Å². The fourth-order valence-electron chi connectivity index (χ4n) is 3.96. The molecule has 3 aromatic rings. The molecule has 4 rings (SSSR count). The number of benzene rings is 3. The number of sulfonamides is 1. The van der Waals surface area contributed by atoms with Crippen LogP contribution in [0.1, 0.15) is 11.1 Å². The second-order valence-corrected chi connectivity index (χ2v) is 10.6. The molecule has 36 heavy (non-hydrogen) atoms. The zero-order valence-electron chi connectivity index (χ0n) is 20.3. The molecule has 188 valence electrons. The molecule has 9 nitrogen and oxygen atoms in total. The molecule has 1 heterocycles. The molecule has 0 bridgehead atoms. The smallest absolute Gasteiger partial charge is 0.243 e. The zero-order chi connectivity index (χ0) is 25.7. The summed E-state index contributed by atoms with van der Waals surface area (Å²) in [4.78, 5) is 31.0.